The van der Waals surface area contributed by atoms with Crippen LogP contribution in [0.5, 0.6) is 0 Å². The minimum Gasteiger partial charge on any atom is -0.368 e. The van der Waals surface area contributed by atoms with E-state index in [1.54, 1.807) is 0 Å². The molecule has 4 rings (SSSR count). The van der Waals surface area contributed by atoms with Gasteiger partial charge in [0.2, 0.25) is 5.91 Å². The van der Waals surface area contributed by atoms with E-state index in [9.17, 15) is 4.79 Å². The SMILES string of the molecule is CCCC(=O)N1CCN(c2ccc(C34CNCC3C4)cc2)CC1. The topological polar surface area (TPSA) is 35.6 Å². The van der Waals surface area contributed by atoms with Crippen molar-refractivity contribution in [2.75, 3.05) is 44.2 Å². The number of hydrogen-bond acceptors (Lipinski definition) is 3. The van der Waals surface area contributed by atoms with Gasteiger partial charge in [-0.3, -0.25) is 4.79 Å². The van der Waals surface area contributed by atoms with E-state index in [0.717, 1.165) is 45.1 Å². The summed E-state index contributed by atoms with van der Waals surface area (Å²) < 4.78 is 0. The van der Waals surface area contributed by atoms with Gasteiger partial charge in [-0.1, -0.05) is 19.1 Å². The lowest BCUT2D eigenvalue weighted by molar-refractivity contribution is -0.131. The van der Waals surface area contributed by atoms with Crippen LogP contribution in [0.25, 0.3) is 0 Å². The molecule has 124 valence electrons. The van der Waals surface area contributed by atoms with Crippen LogP contribution in [0.4, 0.5) is 5.69 Å². The Morgan fingerprint density at radius 2 is 1.96 bits per heavy atom. The van der Waals surface area contributed by atoms with Gasteiger partial charge in [-0.25, -0.2) is 0 Å². The van der Waals surface area contributed by atoms with Crippen LogP contribution in [-0.4, -0.2) is 50.1 Å². The maximum Gasteiger partial charge on any atom is 0.222 e. The minimum absolute atomic E-state index is 0.315. The maximum absolute atomic E-state index is 12.0. The number of amides is 1. The van der Waals surface area contributed by atoms with E-state index in [0.29, 0.717) is 17.7 Å². The summed E-state index contributed by atoms with van der Waals surface area (Å²) in [6.07, 6.45) is 2.99. The minimum atomic E-state index is 0.315. The van der Waals surface area contributed by atoms with Crippen LogP contribution in [0.3, 0.4) is 0 Å². The van der Waals surface area contributed by atoms with Gasteiger partial charge in [0.25, 0.3) is 0 Å². The molecule has 1 aromatic rings. The lowest BCUT2D eigenvalue weighted by Gasteiger charge is -2.36. The normalized spacial score (nSPS) is 29.5. The number of piperazine rings is 1. The molecule has 0 aromatic heterocycles. The van der Waals surface area contributed by atoms with Crippen molar-refractivity contribution in [3.63, 3.8) is 0 Å². The standard InChI is InChI=1S/C19H27N3O/c1-2-3-18(23)22-10-8-21(9-11-22)17-6-4-15(5-7-17)19-12-16(19)13-20-14-19/h4-7,16,20H,2-3,8-14H2,1H3. The van der Waals surface area contributed by atoms with Crippen LogP contribution < -0.4 is 10.2 Å². The average Bonchev–Trinajstić information content (AvgIpc) is 3.16. The van der Waals surface area contributed by atoms with Gasteiger partial charge in [0.1, 0.15) is 0 Å². The van der Waals surface area contributed by atoms with Crippen LogP contribution in [0, 0.1) is 5.92 Å². The molecule has 2 unspecified atom stereocenters. The fourth-order valence-corrected chi connectivity index (χ4v) is 4.38. The number of nitrogens with zero attached hydrogens (tertiary/aromatic N) is 2. The van der Waals surface area contributed by atoms with Gasteiger partial charge in [-0.15, -0.1) is 0 Å². The predicted molar refractivity (Wildman–Crippen MR) is 92.8 cm³/mol. The van der Waals surface area contributed by atoms with E-state index < -0.39 is 0 Å². The second kappa shape index (κ2) is 5.82. The summed E-state index contributed by atoms with van der Waals surface area (Å²) in [5.41, 5.74) is 3.26. The summed E-state index contributed by atoms with van der Waals surface area (Å²) in [5.74, 6) is 1.18. The van der Waals surface area contributed by atoms with E-state index in [1.807, 2.05) is 4.90 Å². The van der Waals surface area contributed by atoms with Crippen LogP contribution in [0.15, 0.2) is 24.3 Å². The summed E-state index contributed by atoms with van der Waals surface area (Å²) in [4.78, 5) is 16.4. The lowest BCUT2D eigenvalue weighted by Crippen LogP contribution is -2.48. The number of benzene rings is 1. The number of carbonyl (C=O) groups is 1. The van der Waals surface area contributed by atoms with Gasteiger partial charge >= 0.3 is 0 Å². The Kier molecular flexibility index (Phi) is 3.80. The molecule has 4 heteroatoms. The molecule has 3 aliphatic rings. The van der Waals surface area contributed by atoms with Gasteiger partial charge in [0.05, 0.1) is 0 Å². The van der Waals surface area contributed by atoms with Crippen molar-refractivity contribution in [2.24, 2.45) is 5.92 Å². The zero-order valence-corrected chi connectivity index (χ0v) is 14.1. The number of rotatable bonds is 4. The third kappa shape index (κ3) is 2.63. The van der Waals surface area contributed by atoms with Crippen molar-refractivity contribution in [1.29, 1.82) is 0 Å². The van der Waals surface area contributed by atoms with Crippen LogP contribution in [0.1, 0.15) is 31.7 Å². The molecule has 2 aliphatic heterocycles. The van der Waals surface area contributed by atoms with Crippen LogP contribution >= 0.6 is 0 Å². The largest absolute Gasteiger partial charge is 0.368 e. The second-order valence-electron chi connectivity index (χ2n) is 7.35. The van der Waals surface area contributed by atoms with Gasteiger partial charge in [0.15, 0.2) is 0 Å². The Labute approximate surface area is 138 Å². The zero-order chi connectivity index (χ0) is 15.9. The van der Waals surface area contributed by atoms with E-state index in [1.165, 1.54) is 24.2 Å². The molecule has 2 atom stereocenters. The molecule has 1 aromatic carbocycles. The third-order valence-electron chi connectivity index (χ3n) is 5.97. The molecule has 0 radical (unpaired) electrons. The van der Waals surface area contributed by atoms with E-state index in [4.69, 9.17) is 0 Å². The Morgan fingerprint density at radius 1 is 1.22 bits per heavy atom. The molecule has 3 fully saturated rings. The smallest absolute Gasteiger partial charge is 0.222 e. The molecular formula is C19H27N3O. The molecule has 1 N–H and O–H groups in total. The first-order chi connectivity index (χ1) is 11.2. The number of anilines is 1. The van der Waals surface area contributed by atoms with Crippen molar-refractivity contribution in [1.82, 2.24) is 10.2 Å². The van der Waals surface area contributed by atoms with Gasteiger partial charge in [-0.05, 0) is 43.0 Å². The lowest BCUT2D eigenvalue weighted by atomic mass is 9.95. The highest BCUT2D eigenvalue weighted by Gasteiger charge is 2.57. The van der Waals surface area contributed by atoms with Crippen molar-refractivity contribution in [3.8, 4) is 0 Å². The monoisotopic (exact) mass is 313 g/mol. The molecular weight excluding hydrogens is 286 g/mol. The van der Waals surface area contributed by atoms with Gasteiger partial charge in [-0.2, -0.15) is 0 Å². The Hall–Kier alpha value is -1.55. The molecule has 1 saturated carbocycles. The number of nitrogens with one attached hydrogen (secondary N) is 1. The Bertz CT molecular complexity index is 577. The first-order valence-electron chi connectivity index (χ1n) is 9.07. The summed E-state index contributed by atoms with van der Waals surface area (Å²) in [7, 11) is 0. The fraction of sp³-hybridized carbons (Fsp3) is 0.632. The van der Waals surface area contributed by atoms with E-state index >= 15 is 0 Å². The highest BCUT2D eigenvalue weighted by atomic mass is 16.2. The first-order valence-corrected chi connectivity index (χ1v) is 9.07. The summed E-state index contributed by atoms with van der Waals surface area (Å²) in [6.45, 7) is 8.02. The number of fused-ring (bicyclic) bond motifs is 1. The number of hydrogen-bond donors (Lipinski definition) is 1. The molecule has 0 spiro atoms. The molecule has 23 heavy (non-hydrogen) atoms. The van der Waals surface area contributed by atoms with Crippen LogP contribution in [-0.2, 0) is 10.2 Å². The van der Waals surface area contributed by atoms with Crippen molar-refractivity contribution in [3.05, 3.63) is 29.8 Å². The molecule has 2 saturated heterocycles. The van der Waals surface area contributed by atoms with Gasteiger partial charge in [0, 0.05) is 50.2 Å². The fourth-order valence-electron chi connectivity index (χ4n) is 4.38. The third-order valence-corrected chi connectivity index (χ3v) is 5.97. The van der Waals surface area contributed by atoms with Crippen LogP contribution in [0.2, 0.25) is 0 Å². The molecule has 1 aliphatic carbocycles. The van der Waals surface area contributed by atoms with Gasteiger partial charge < -0.3 is 15.1 Å². The van der Waals surface area contributed by atoms with E-state index in [2.05, 4.69) is 41.4 Å². The maximum atomic E-state index is 12.0. The van der Waals surface area contributed by atoms with Crippen molar-refractivity contribution >= 4 is 11.6 Å². The predicted octanol–water partition coefficient (Wildman–Crippen LogP) is 2.00. The molecule has 4 nitrogen and oxygen atoms in total. The highest BCUT2D eigenvalue weighted by molar-refractivity contribution is 5.76. The van der Waals surface area contributed by atoms with Crippen molar-refractivity contribution in [2.45, 2.75) is 31.6 Å². The van der Waals surface area contributed by atoms with Crippen molar-refractivity contribution < 1.29 is 4.79 Å². The Morgan fingerprint density at radius 3 is 2.52 bits per heavy atom. The summed E-state index contributed by atoms with van der Waals surface area (Å²) in [5, 5.41) is 3.52. The van der Waals surface area contributed by atoms with E-state index in [-0.39, 0.29) is 0 Å². The highest BCUT2D eigenvalue weighted by Crippen LogP contribution is 2.56. The summed E-state index contributed by atoms with van der Waals surface area (Å²) >= 11 is 0. The average molecular weight is 313 g/mol. The quantitative estimate of drug-likeness (QED) is 0.923. The summed E-state index contributed by atoms with van der Waals surface area (Å²) in [6, 6.07) is 9.22. The first kappa shape index (κ1) is 15.0. The number of carbonyl (C=O) groups excluding carboxylic acids is 1. The molecule has 1 amide bonds. The zero-order valence-electron chi connectivity index (χ0n) is 14.1. The second-order valence-corrected chi connectivity index (χ2v) is 7.35. The Balaban J connectivity index is 1.37. The number of piperidine rings is 1. The molecule has 2 heterocycles. The molecule has 0 bridgehead atoms.